The molecule has 0 radical (unpaired) electrons. The summed E-state index contributed by atoms with van der Waals surface area (Å²) in [5.41, 5.74) is 0. The molecule has 0 aromatic heterocycles. The van der Waals surface area contributed by atoms with Gasteiger partial charge >= 0.3 is 19.8 Å². The summed E-state index contributed by atoms with van der Waals surface area (Å²) in [6, 6.07) is 0. The summed E-state index contributed by atoms with van der Waals surface area (Å²) in [5.74, 6) is -0.818. The third kappa shape index (κ3) is 40.6. The molecular weight excluding hydrogens is 709 g/mol. The molecule has 11 nitrogen and oxygen atoms in total. The van der Waals surface area contributed by atoms with E-state index in [0.717, 1.165) is 32.1 Å². The molecule has 0 heterocycles. The van der Waals surface area contributed by atoms with Crippen molar-refractivity contribution in [2.45, 2.75) is 200 Å². The zero-order valence-electron chi connectivity index (χ0n) is 35.1. The van der Waals surface area contributed by atoms with E-state index in [1.807, 2.05) is 0 Å². The second kappa shape index (κ2) is 41.6. The van der Waals surface area contributed by atoms with Crippen LogP contribution in [-0.4, -0.2) is 82.8 Å². The van der Waals surface area contributed by atoms with Gasteiger partial charge < -0.3 is 29.2 Å². The maximum atomic E-state index is 12.7. The summed E-state index contributed by atoms with van der Waals surface area (Å²) < 4.78 is 44.0. The molecule has 2 unspecified atom stereocenters. The van der Waals surface area contributed by atoms with E-state index in [0.29, 0.717) is 39.3 Å². The fourth-order valence-corrected chi connectivity index (χ4v) is 6.91. The number of rotatable bonds is 44. The lowest BCUT2D eigenvalue weighted by molar-refractivity contribution is -0.161. The van der Waals surface area contributed by atoms with Crippen LogP contribution in [0.25, 0.3) is 0 Å². The van der Waals surface area contributed by atoms with E-state index < -0.39 is 26.5 Å². The number of phosphoric ester groups is 1. The van der Waals surface area contributed by atoms with Crippen LogP contribution in [0.3, 0.4) is 0 Å². The van der Waals surface area contributed by atoms with Crippen molar-refractivity contribution in [2.24, 2.45) is 0 Å². The van der Waals surface area contributed by atoms with Crippen molar-refractivity contribution in [1.29, 1.82) is 0 Å². The number of hydrogen-bond acceptors (Lipinski definition) is 10. The predicted molar refractivity (Wildman–Crippen MR) is 219 cm³/mol. The van der Waals surface area contributed by atoms with Gasteiger partial charge in [0.15, 0.2) is 6.10 Å². The van der Waals surface area contributed by atoms with Gasteiger partial charge in [0, 0.05) is 33.0 Å². The molecule has 0 amide bonds. The molecule has 54 heavy (non-hydrogen) atoms. The molecule has 322 valence electrons. The first-order valence-electron chi connectivity index (χ1n) is 22.1. The van der Waals surface area contributed by atoms with E-state index in [4.69, 9.17) is 28.0 Å². The first-order chi connectivity index (χ1) is 26.3. The maximum absolute atomic E-state index is 12.7. The zero-order valence-corrected chi connectivity index (χ0v) is 36.0. The van der Waals surface area contributed by atoms with Gasteiger partial charge in [0.05, 0.1) is 33.0 Å². The third-order valence-electron chi connectivity index (χ3n) is 9.51. The highest BCUT2D eigenvalue weighted by molar-refractivity contribution is 7.47. The van der Waals surface area contributed by atoms with Gasteiger partial charge in [0.1, 0.15) is 6.61 Å². The lowest BCUT2D eigenvalue weighted by Gasteiger charge is -2.20. The van der Waals surface area contributed by atoms with Crippen molar-refractivity contribution < 1.29 is 47.0 Å². The highest BCUT2D eigenvalue weighted by Crippen LogP contribution is 2.43. The molecule has 0 spiro atoms. The minimum absolute atomic E-state index is 0.0660. The average Bonchev–Trinajstić information content (AvgIpc) is 3.15. The zero-order chi connectivity index (χ0) is 39.6. The number of unbranched alkanes of at least 4 members (excludes halogenated alkanes) is 24. The first-order valence-corrected chi connectivity index (χ1v) is 23.6. The fraction of sp³-hybridized carbons (Fsp3) is 0.952. The SMILES string of the molecule is CCCCCCCCCCCCCCCC(=O)OCC(COP(=O)(O)OCCNCCOCCOC)OC(=O)CCCCCCCCCCCCCCC. The molecule has 0 aromatic carbocycles. The van der Waals surface area contributed by atoms with Crippen LogP contribution >= 0.6 is 7.82 Å². The summed E-state index contributed by atoms with van der Waals surface area (Å²) in [7, 11) is -2.82. The van der Waals surface area contributed by atoms with Crippen LogP contribution in [0.2, 0.25) is 0 Å². The Balaban J connectivity index is 4.42. The Kier molecular flexibility index (Phi) is 40.7. The van der Waals surface area contributed by atoms with Crippen molar-refractivity contribution in [3.63, 3.8) is 0 Å². The normalized spacial score (nSPS) is 13.2. The van der Waals surface area contributed by atoms with Gasteiger partial charge in [-0.2, -0.15) is 0 Å². The quantitative estimate of drug-likeness (QED) is 0.0346. The van der Waals surface area contributed by atoms with E-state index in [9.17, 15) is 19.0 Å². The molecule has 0 bridgehead atoms. The highest BCUT2D eigenvalue weighted by Gasteiger charge is 2.26. The number of carbonyl (C=O) groups is 2. The van der Waals surface area contributed by atoms with E-state index in [-0.39, 0.29) is 32.0 Å². The lowest BCUT2D eigenvalue weighted by atomic mass is 10.0. The average molecular weight is 794 g/mol. The van der Waals surface area contributed by atoms with E-state index in [1.54, 1.807) is 7.11 Å². The van der Waals surface area contributed by atoms with Crippen LogP contribution in [0.15, 0.2) is 0 Å². The van der Waals surface area contributed by atoms with Gasteiger partial charge in [-0.05, 0) is 12.8 Å². The van der Waals surface area contributed by atoms with Gasteiger partial charge in [-0.1, -0.05) is 168 Å². The summed E-state index contributed by atoms with van der Waals surface area (Å²) in [4.78, 5) is 35.4. The monoisotopic (exact) mass is 794 g/mol. The van der Waals surface area contributed by atoms with Crippen molar-refractivity contribution in [3.8, 4) is 0 Å². The summed E-state index contributed by atoms with van der Waals surface area (Å²) in [6.07, 6.45) is 31.1. The number of phosphoric acid groups is 1. The Bertz CT molecular complexity index is 865. The number of carbonyl (C=O) groups excluding carboxylic acids is 2. The number of methoxy groups -OCH3 is 1. The standard InChI is InChI=1S/C42H84NO10P/c1-4-6-8-10-12-14-16-18-20-22-24-26-28-30-41(44)50-38-40(39-52-54(46,47)51-35-33-43-32-34-49-37-36-48-3)53-42(45)31-29-27-25-23-21-19-17-15-13-11-9-7-5-2/h40,43H,4-39H2,1-3H3,(H,46,47). The molecule has 0 aliphatic heterocycles. The Morgan fingerprint density at radius 3 is 1.43 bits per heavy atom. The van der Waals surface area contributed by atoms with Crippen molar-refractivity contribution >= 4 is 19.8 Å². The van der Waals surface area contributed by atoms with Crippen LogP contribution in [0.4, 0.5) is 0 Å². The molecule has 0 saturated carbocycles. The molecule has 0 aliphatic rings. The van der Waals surface area contributed by atoms with Crippen molar-refractivity contribution in [1.82, 2.24) is 5.32 Å². The highest BCUT2D eigenvalue weighted by atomic mass is 31.2. The van der Waals surface area contributed by atoms with Crippen LogP contribution in [0.1, 0.15) is 194 Å². The van der Waals surface area contributed by atoms with Crippen LogP contribution < -0.4 is 5.32 Å². The summed E-state index contributed by atoms with van der Waals surface area (Å²) in [5, 5.41) is 3.05. The molecule has 0 saturated heterocycles. The van der Waals surface area contributed by atoms with Gasteiger partial charge in [-0.15, -0.1) is 0 Å². The molecule has 0 aromatic rings. The first kappa shape index (κ1) is 52.9. The minimum atomic E-state index is -4.42. The molecule has 0 fully saturated rings. The number of ether oxygens (including phenoxy) is 4. The van der Waals surface area contributed by atoms with E-state index in [1.165, 1.54) is 128 Å². The summed E-state index contributed by atoms with van der Waals surface area (Å²) >= 11 is 0. The Morgan fingerprint density at radius 1 is 0.537 bits per heavy atom. The minimum Gasteiger partial charge on any atom is -0.462 e. The van der Waals surface area contributed by atoms with Crippen LogP contribution in [-0.2, 0) is 42.1 Å². The van der Waals surface area contributed by atoms with E-state index in [2.05, 4.69) is 19.2 Å². The number of nitrogens with one attached hydrogen (secondary N) is 1. The van der Waals surface area contributed by atoms with Crippen LogP contribution in [0, 0.1) is 0 Å². The molecule has 0 rings (SSSR count). The number of hydrogen-bond donors (Lipinski definition) is 2. The fourth-order valence-electron chi connectivity index (χ4n) is 6.15. The Labute approximate surface area is 331 Å². The topological polar surface area (TPSA) is 139 Å². The largest absolute Gasteiger partial charge is 0.472 e. The number of esters is 2. The maximum Gasteiger partial charge on any atom is 0.472 e. The molecule has 12 heteroatoms. The summed E-state index contributed by atoms with van der Waals surface area (Å²) in [6.45, 7) is 6.11. The predicted octanol–water partition coefficient (Wildman–Crippen LogP) is 10.8. The third-order valence-corrected chi connectivity index (χ3v) is 10.5. The van der Waals surface area contributed by atoms with Gasteiger partial charge in [-0.25, -0.2) is 4.57 Å². The van der Waals surface area contributed by atoms with Crippen molar-refractivity contribution in [2.75, 3.05) is 59.8 Å². The second-order valence-corrected chi connectivity index (χ2v) is 16.2. The van der Waals surface area contributed by atoms with E-state index >= 15 is 0 Å². The Morgan fingerprint density at radius 2 is 0.963 bits per heavy atom. The lowest BCUT2D eigenvalue weighted by Crippen LogP contribution is -2.29. The van der Waals surface area contributed by atoms with Crippen molar-refractivity contribution in [3.05, 3.63) is 0 Å². The van der Waals surface area contributed by atoms with Crippen LogP contribution in [0.5, 0.6) is 0 Å². The van der Waals surface area contributed by atoms with Gasteiger partial charge in [0.2, 0.25) is 0 Å². The van der Waals surface area contributed by atoms with Gasteiger partial charge in [0.25, 0.3) is 0 Å². The molecule has 0 aliphatic carbocycles. The second-order valence-electron chi connectivity index (χ2n) is 14.7. The Hall–Kier alpha value is -1.07. The smallest absolute Gasteiger partial charge is 0.462 e. The molecular formula is C42H84NO10P. The molecule has 2 atom stereocenters. The van der Waals surface area contributed by atoms with Gasteiger partial charge in [-0.3, -0.25) is 18.6 Å². The molecule has 2 N–H and O–H groups in total.